The zero-order chi connectivity index (χ0) is 10.8. The lowest BCUT2D eigenvalue weighted by Crippen LogP contribution is -2.06. The van der Waals surface area contributed by atoms with Crippen LogP contribution in [0.5, 0.6) is 0 Å². The van der Waals surface area contributed by atoms with E-state index in [1.54, 1.807) is 16.8 Å². The van der Waals surface area contributed by atoms with Gasteiger partial charge in [0.15, 0.2) is 5.13 Å². The van der Waals surface area contributed by atoms with E-state index in [9.17, 15) is 4.79 Å². The lowest BCUT2D eigenvalue weighted by atomic mass is 10.4. The highest BCUT2D eigenvalue weighted by Gasteiger charge is 2.08. The van der Waals surface area contributed by atoms with Crippen molar-refractivity contribution in [3.8, 4) is 10.6 Å². The largest absolute Gasteiger partial charge is 0.465 e. The molecular weight excluding hydrogens is 256 g/mol. The molecule has 2 rings (SSSR count). The Labute approximate surface area is 98.2 Å². The van der Waals surface area contributed by atoms with Crippen molar-refractivity contribution in [2.24, 2.45) is 0 Å². The fourth-order valence-electron chi connectivity index (χ4n) is 0.983. The minimum absolute atomic E-state index is 0.363. The smallest absolute Gasteiger partial charge is 0.410 e. The number of carboxylic acid groups (broad SMARTS) is 1. The molecule has 0 bridgehead atoms. The molecule has 1 amide bonds. The number of hydrogen-bond acceptors (Lipinski definition) is 4. The third-order valence-electron chi connectivity index (χ3n) is 1.54. The Hall–Kier alpha value is -1.11. The number of aromatic nitrogens is 1. The number of amides is 1. The molecule has 0 saturated carbocycles. The maximum Gasteiger partial charge on any atom is 0.410 e. The summed E-state index contributed by atoms with van der Waals surface area (Å²) in [6.07, 6.45) is -1.11. The summed E-state index contributed by atoms with van der Waals surface area (Å²) in [4.78, 5) is 15.4. The van der Waals surface area contributed by atoms with Crippen molar-refractivity contribution in [1.29, 1.82) is 0 Å². The first-order valence-corrected chi connectivity index (χ1v) is 5.99. The summed E-state index contributed by atoms with van der Waals surface area (Å²) in [7, 11) is 0. The van der Waals surface area contributed by atoms with Gasteiger partial charge < -0.3 is 5.11 Å². The molecule has 2 heterocycles. The summed E-state index contributed by atoms with van der Waals surface area (Å²) in [6.45, 7) is 0. The first-order chi connectivity index (χ1) is 7.15. The molecule has 0 saturated heterocycles. The maximum absolute atomic E-state index is 10.4. The van der Waals surface area contributed by atoms with E-state index < -0.39 is 6.09 Å². The summed E-state index contributed by atoms with van der Waals surface area (Å²) in [5.74, 6) is 0. The van der Waals surface area contributed by atoms with Gasteiger partial charge in [-0.05, 0) is 6.07 Å². The van der Waals surface area contributed by atoms with Crippen LogP contribution in [0.2, 0.25) is 5.02 Å². The SMILES string of the molecule is O=C(O)Nc1nc(-c2cc(Cl)cs2)cs1. The number of nitrogens with one attached hydrogen (secondary N) is 1. The second kappa shape index (κ2) is 4.18. The van der Waals surface area contributed by atoms with Gasteiger partial charge in [0.2, 0.25) is 0 Å². The summed E-state index contributed by atoms with van der Waals surface area (Å²) < 4.78 is 0. The van der Waals surface area contributed by atoms with E-state index in [0.29, 0.717) is 10.2 Å². The third-order valence-corrected chi connectivity index (χ3v) is 3.60. The third kappa shape index (κ3) is 2.47. The summed E-state index contributed by atoms with van der Waals surface area (Å²) in [6, 6.07) is 1.80. The lowest BCUT2D eigenvalue weighted by molar-refractivity contribution is 0.209. The number of carbonyl (C=O) groups is 1. The number of rotatable bonds is 2. The minimum atomic E-state index is -1.11. The van der Waals surface area contributed by atoms with Crippen LogP contribution in [0.3, 0.4) is 0 Å². The van der Waals surface area contributed by atoms with Crippen LogP contribution >= 0.6 is 34.3 Å². The normalized spacial score (nSPS) is 10.2. The van der Waals surface area contributed by atoms with Crippen LogP contribution in [0, 0.1) is 0 Å². The van der Waals surface area contributed by atoms with Crippen molar-refractivity contribution in [2.45, 2.75) is 0 Å². The average molecular weight is 261 g/mol. The fraction of sp³-hybridized carbons (Fsp3) is 0. The van der Waals surface area contributed by atoms with Gasteiger partial charge >= 0.3 is 6.09 Å². The van der Waals surface area contributed by atoms with E-state index in [4.69, 9.17) is 16.7 Å². The van der Waals surface area contributed by atoms with Gasteiger partial charge in [-0.3, -0.25) is 5.32 Å². The topological polar surface area (TPSA) is 62.2 Å². The molecule has 0 radical (unpaired) electrons. The fourth-order valence-corrected chi connectivity index (χ4v) is 2.79. The number of thiophene rings is 1. The Bertz CT molecular complexity index is 494. The van der Waals surface area contributed by atoms with Gasteiger partial charge in [-0.15, -0.1) is 22.7 Å². The molecule has 0 spiro atoms. The highest BCUT2D eigenvalue weighted by Crippen LogP contribution is 2.31. The van der Waals surface area contributed by atoms with E-state index in [-0.39, 0.29) is 0 Å². The van der Waals surface area contributed by atoms with Gasteiger partial charge in [-0.25, -0.2) is 9.78 Å². The minimum Gasteiger partial charge on any atom is -0.465 e. The first-order valence-electron chi connectivity index (χ1n) is 3.85. The van der Waals surface area contributed by atoms with Crippen molar-refractivity contribution in [3.05, 3.63) is 21.8 Å². The van der Waals surface area contributed by atoms with Crippen LogP contribution in [-0.4, -0.2) is 16.2 Å². The molecule has 0 aliphatic rings. The van der Waals surface area contributed by atoms with Crippen LogP contribution < -0.4 is 5.32 Å². The molecule has 15 heavy (non-hydrogen) atoms. The number of hydrogen-bond donors (Lipinski definition) is 2. The molecule has 2 aromatic rings. The second-order valence-electron chi connectivity index (χ2n) is 2.60. The van der Waals surface area contributed by atoms with E-state index >= 15 is 0 Å². The molecule has 4 nitrogen and oxygen atoms in total. The Morgan fingerprint density at radius 1 is 1.47 bits per heavy atom. The highest BCUT2D eigenvalue weighted by atomic mass is 35.5. The summed E-state index contributed by atoms with van der Waals surface area (Å²) >= 11 is 8.49. The molecule has 2 aromatic heterocycles. The van der Waals surface area contributed by atoms with Crippen LogP contribution in [0.15, 0.2) is 16.8 Å². The van der Waals surface area contributed by atoms with Crippen molar-refractivity contribution in [2.75, 3.05) is 5.32 Å². The van der Waals surface area contributed by atoms with Crippen molar-refractivity contribution < 1.29 is 9.90 Å². The molecule has 2 N–H and O–H groups in total. The zero-order valence-corrected chi connectivity index (χ0v) is 9.62. The Morgan fingerprint density at radius 2 is 2.27 bits per heavy atom. The van der Waals surface area contributed by atoms with E-state index in [1.807, 2.05) is 0 Å². The summed E-state index contributed by atoms with van der Waals surface area (Å²) in [5.41, 5.74) is 0.737. The molecule has 0 aliphatic carbocycles. The van der Waals surface area contributed by atoms with Crippen LogP contribution in [0.1, 0.15) is 0 Å². The predicted octanol–water partition coefficient (Wildman–Crippen LogP) is 3.61. The quantitative estimate of drug-likeness (QED) is 0.867. The number of halogens is 1. The molecule has 78 valence electrons. The van der Waals surface area contributed by atoms with Gasteiger partial charge in [0, 0.05) is 10.8 Å². The monoisotopic (exact) mass is 260 g/mol. The molecule has 7 heteroatoms. The molecule has 0 aromatic carbocycles. The first kappa shape index (κ1) is 10.4. The highest BCUT2D eigenvalue weighted by molar-refractivity contribution is 7.16. The van der Waals surface area contributed by atoms with Gasteiger partial charge in [0.05, 0.1) is 15.6 Å². The van der Waals surface area contributed by atoms with Crippen LogP contribution in [0.25, 0.3) is 10.6 Å². The standard InChI is InChI=1S/C8H5ClN2O2S2/c9-4-1-6(14-2-4)5-3-15-7(10-5)11-8(12)13/h1-3H,(H,10,11)(H,12,13). The number of thiazole rings is 1. The number of nitrogens with zero attached hydrogens (tertiary/aromatic N) is 1. The Kier molecular flexibility index (Phi) is 2.90. The Morgan fingerprint density at radius 3 is 2.87 bits per heavy atom. The van der Waals surface area contributed by atoms with E-state index in [1.165, 1.54) is 22.7 Å². The molecule has 0 atom stereocenters. The average Bonchev–Trinajstić information content (AvgIpc) is 2.72. The zero-order valence-electron chi connectivity index (χ0n) is 7.23. The predicted molar refractivity (Wildman–Crippen MR) is 62.1 cm³/mol. The second-order valence-corrected chi connectivity index (χ2v) is 4.80. The lowest BCUT2D eigenvalue weighted by Gasteiger charge is -1.91. The molecule has 0 unspecified atom stereocenters. The van der Waals surface area contributed by atoms with Crippen molar-refractivity contribution >= 4 is 45.5 Å². The molecule has 0 fully saturated rings. The van der Waals surface area contributed by atoms with Crippen LogP contribution in [0.4, 0.5) is 9.93 Å². The maximum atomic E-state index is 10.4. The number of anilines is 1. The van der Waals surface area contributed by atoms with Crippen molar-refractivity contribution in [3.63, 3.8) is 0 Å². The van der Waals surface area contributed by atoms with Gasteiger partial charge in [-0.1, -0.05) is 11.6 Å². The van der Waals surface area contributed by atoms with Gasteiger partial charge in [-0.2, -0.15) is 0 Å². The van der Waals surface area contributed by atoms with E-state index in [0.717, 1.165) is 10.6 Å². The molecule has 0 aliphatic heterocycles. The molecular formula is C8H5ClN2O2S2. The van der Waals surface area contributed by atoms with Crippen LogP contribution in [-0.2, 0) is 0 Å². The van der Waals surface area contributed by atoms with Gasteiger partial charge in [0.1, 0.15) is 0 Å². The summed E-state index contributed by atoms with van der Waals surface area (Å²) in [5, 5.41) is 15.3. The van der Waals surface area contributed by atoms with Crippen molar-refractivity contribution in [1.82, 2.24) is 4.98 Å². The van der Waals surface area contributed by atoms with E-state index in [2.05, 4.69) is 10.3 Å². The Balaban J connectivity index is 2.23. The van der Waals surface area contributed by atoms with Gasteiger partial charge in [0.25, 0.3) is 0 Å².